The van der Waals surface area contributed by atoms with Gasteiger partial charge in [-0.05, 0) is 24.5 Å². The Bertz CT molecular complexity index is 701. The first-order chi connectivity index (χ1) is 10.4. The molecule has 1 heterocycles. The zero-order chi connectivity index (χ0) is 16.2. The second kappa shape index (κ2) is 8.44. The number of aromatic nitrogens is 2. The van der Waals surface area contributed by atoms with Crippen LogP contribution in [0.1, 0.15) is 20.3 Å². The molecule has 3 N–H and O–H groups in total. The Morgan fingerprint density at radius 3 is 2.48 bits per heavy atom. The van der Waals surface area contributed by atoms with Gasteiger partial charge < -0.3 is 5.73 Å². The first kappa shape index (κ1) is 19.6. The van der Waals surface area contributed by atoms with E-state index in [1.165, 1.54) is 17.1 Å². The predicted molar refractivity (Wildman–Crippen MR) is 93.4 cm³/mol. The third-order valence-electron chi connectivity index (χ3n) is 3.25. The summed E-state index contributed by atoms with van der Waals surface area (Å²) in [6.07, 6.45) is 3.54. The Kier molecular flexibility index (Phi) is 7.21. The summed E-state index contributed by atoms with van der Waals surface area (Å²) in [6.45, 7) is 4.33. The molecule has 0 aliphatic heterocycles. The number of halogens is 1. The molecular weight excluding hydrogens is 336 g/mol. The number of hydrogen-bond acceptors (Lipinski definition) is 4. The molecule has 0 aliphatic rings. The molecule has 8 heteroatoms. The molecule has 23 heavy (non-hydrogen) atoms. The largest absolute Gasteiger partial charge is 0.329 e. The smallest absolute Gasteiger partial charge is 0.244 e. The lowest BCUT2D eigenvalue weighted by Gasteiger charge is -2.18. The van der Waals surface area contributed by atoms with Crippen molar-refractivity contribution in [3.63, 3.8) is 0 Å². The van der Waals surface area contributed by atoms with Gasteiger partial charge in [0.05, 0.1) is 18.1 Å². The summed E-state index contributed by atoms with van der Waals surface area (Å²) in [7, 11) is -3.62. The molecule has 1 unspecified atom stereocenters. The Morgan fingerprint density at radius 1 is 1.26 bits per heavy atom. The molecule has 2 rings (SSSR count). The van der Waals surface area contributed by atoms with Crippen molar-refractivity contribution < 1.29 is 8.42 Å². The molecule has 1 atom stereocenters. The van der Waals surface area contributed by atoms with E-state index < -0.39 is 10.0 Å². The van der Waals surface area contributed by atoms with Gasteiger partial charge in [-0.3, -0.25) is 0 Å². The summed E-state index contributed by atoms with van der Waals surface area (Å²) in [4.78, 5) is 0.138. The summed E-state index contributed by atoms with van der Waals surface area (Å²) in [5, 5.41) is 4.11. The normalized spacial score (nSPS) is 12.9. The first-order valence-corrected chi connectivity index (χ1v) is 8.73. The summed E-state index contributed by atoms with van der Waals surface area (Å²) >= 11 is 0. The number of nitrogens with two attached hydrogens (primary N) is 1. The molecule has 1 aromatic heterocycles. The van der Waals surface area contributed by atoms with Crippen molar-refractivity contribution in [3.8, 4) is 5.69 Å². The molecule has 0 fully saturated rings. The maximum absolute atomic E-state index is 12.4. The number of nitrogens with zero attached hydrogens (tertiary/aromatic N) is 2. The van der Waals surface area contributed by atoms with E-state index in [1.54, 1.807) is 0 Å². The second-order valence-corrected chi connectivity index (χ2v) is 7.35. The number of hydrogen-bond donors (Lipinski definition) is 2. The lowest BCUT2D eigenvalue weighted by molar-refractivity contribution is 0.465. The molecular formula is C15H23ClN4O2S. The average Bonchev–Trinajstić information content (AvgIpc) is 2.97. The topological polar surface area (TPSA) is 90.0 Å². The summed E-state index contributed by atoms with van der Waals surface area (Å²) in [6, 6.07) is 9.08. The quantitative estimate of drug-likeness (QED) is 0.791. The SMILES string of the molecule is CC(C)CC(CN)NS(=O)(=O)c1cnn(-c2ccccc2)c1.Cl. The fraction of sp³-hybridized carbons (Fsp3) is 0.400. The Balaban J connectivity index is 0.00000264. The zero-order valence-corrected chi connectivity index (χ0v) is 14.8. The summed E-state index contributed by atoms with van der Waals surface area (Å²) in [5.41, 5.74) is 6.46. The average molecular weight is 359 g/mol. The standard InChI is InChI=1S/C15H22N4O2S.ClH/c1-12(2)8-13(9-16)18-22(20,21)15-10-17-19(11-15)14-6-4-3-5-7-14;/h3-7,10-13,18H,8-9,16H2,1-2H3;1H. The highest BCUT2D eigenvalue weighted by atomic mass is 35.5. The van der Waals surface area contributed by atoms with Crippen molar-refractivity contribution in [1.29, 1.82) is 0 Å². The Hall–Kier alpha value is -1.41. The van der Waals surface area contributed by atoms with Crippen LogP contribution in [0.15, 0.2) is 47.6 Å². The van der Waals surface area contributed by atoms with Crippen LogP contribution in [0.25, 0.3) is 5.69 Å². The monoisotopic (exact) mass is 358 g/mol. The van der Waals surface area contributed by atoms with E-state index in [2.05, 4.69) is 9.82 Å². The molecule has 0 radical (unpaired) electrons. The van der Waals surface area contributed by atoms with Crippen molar-refractivity contribution in [2.45, 2.75) is 31.2 Å². The number of nitrogens with one attached hydrogen (secondary N) is 1. The highest BCUT2D eigenvalue weighted by Crippen LogP contribution is 2.13. The number of sulfonamides is 1. The number of para-hydroxylation sites is 1. The number of rotatable bonds is 7. The van der Waals surface area contributed by atoms with Gasteiger partial charge in [0.2, 0.25) is 10.0 Å². The molecule has 1 aromatic carbocycles. The van der Waals surface area contributed by atoms with E-state index in [1.807, 2.05) is 44.2 Å². The zero-order valence-electron chi connectivity index (χ0n) is 13.2. The van der Waals surface area contributed by atoms with Crippen LogP contribution in [0, 0.1) is 5.92 Å². The van der Waals surface area contributed by atoms with E-state index >= 15 is 0 Å². The minimum Gasteiger partial charge on any atom is -0.329 e. The summed E-state index contributed by atoms with van der Waals surface area (Å²) < 4.78 is 29.0. The third-order valence-corrected chi connectivity index (χ3v) is 4.73. The molecule has 0 saturated carbocycles. The molecule has 0 saturated heterocycles. The predicted octanol–water partition coefficient (Wildman–Crippen LogP) is 1.95. The van der Waals surface area contributed by atoms with Gasteiger partial charge in [0.15, 0.2) is 0 Å². The first-order valence-electron chi connectivity index (χ1n) is 7.25. The van der Waals surface area contributed by atoms with Crippen LogP contribution in [-0.4, -0.2) is 30.8 Å². The maximum atomic E-state index is 12.4. The van der Waals surface area contributed by atoms with Crippen molar-refractivity contribution >= 4 is 22.4 Å². The van der Waals surface area contributed by atoms with E-state index in [9.17, 15) is 8.42 Å². The highest BCUT2D eigenvalue weighted by molar-refractivity contribution is 7.89. The van der Waals surface area contributed by atoms with Crippen molar-refractivity contribution in [3.05, 3.63) is 42.7 Å². The highest BCUT2D eigenvalue weighted by Gasteiger charge is 2.21. The molecule has 0 amide bonds. The van der Waals surface area contributed by atoms with Gasteiger partial charge >= 0.3 is 0 Å². The van der Waals surface area contributed by atoms with Crippen LogP contribution in [0.5, 0.6) is 0 Å². The molecule has 0 aliphatic carbocycles. The van der Waals surface area contributed by atoms with Crippen LogP contribution in [-0.2, 0) is 10.0 Å². The molecule has 0 spiro atoms. The van der Waals surface area contributed by atoms with Crippen molar-refractivity contribution in [2.24, 2.45) is 11.7 Å². The van der Waals surface area contributed by atoms with Crippen molar-refractivity contribution in [2.75, 3.05) is 6.54 Å². The van der Waals surface area contributed by atoms with E-state index in [4.69, 9.17) is 5.73 Å². The van der Waals surface area contributed by atoms with Gasteiger partial charge in [-0.2, -0.15) is 5.10 Å². The van der Waals surface area contributed by atoms with E-state index in [-0.39, 0.29) is 29.9 Å². The Labute approximate surface area is 143 Å². The van der Waals surface area contributed by atoms with Crippen LogP contribution < -0.4 is 10.5 Å². The van der Waals surface area contributed by atoms with Gasteiger partial charge in [0.1, 0.15) is 4.90 Å². The van der Waals surface area contributed by atoms with Gasteiger partial charge in [-0.25, -0.2) is 17.8 Å². The third kappa shape index (κ3) is 5.31. The fourth-order valence-electron chi connectivity index (χ4n) is 2.22. The van der Waals surface area contributed by atoms with Crippen LogP contribution in [0.4, 0.5) is 0 Å². The maximum Gasteiger partial charge on any atom is 0.244 e. The van der Waals surface area contributed by atoms with Crippen LogP contribution in [0.2, 0.25) is 0 Å². The fourth-order valence-corrected chi connectivity index (χ4v) is 3.41. The molecule has 0 bridgehead atoms. The van der Waals surface area contributed by atoms with Gasteiger partial charge in [-0.1, -0.05) is 32.0 Å². The van der Waals surface area contributed by atoms with E-state index in [0.717, 1.165) is 5.69 Å². The molecule has 6 nitrogen and oxygen atoms in total. The Morgan fingerprint density at radius 2 is 1.91 bits per heavy atom. The minimum absolute atomic E-state index is 0. The lowest BCUT2D eigenvalue weighted by Crippen LogP contribution is -2.40. The van der Waals surface area contributed by atoms with Crippen LogP contribution >= 0.6 is 12.4 Å². The molecule has 2 aromatic rings. The van der Waals surface area contributed by atoms with Crippen LogP contribution in [0.3, 0.4) is 0 Å². The molecule has 128 valence electrons. The van der Waals surface area contributed by atoms with Gasteiger partial charge in [0.25, 0.3) is 0 Å². The number of benzene rings is 1. The van der Waals surface area contributed by atoms with Crippen molar-refractivity contribution in [1.82, 2.24) is 14.5 Å². The lowest BCUT2D eigenvalue weighted by atomic mass is 10.1. The second-order valence-electron chi connectivity index (χ2n) is 5.64. The van der Waals surface area contributed by atoms with E-state index in [0.29, 0.717) is 12.3 Å². The minimum atomic E-state index is -3.62. The summed E-state index contributed by atoms with van der Waals surface area (Å²) in [5.74, 6) is 0.364. The van der Waals surface area contributed by atoms with Gasteiger partial charge in [0, 0.05) is 12.6 Å². The van der Waals surface area contributed by atoms with Gasteiger partial charge in [-0.15, -0.1) is 12.4 Å².